The number of nitrogens with two attached hydrogens (primary N) is 1. The Morgan fingerprint density at radius 1 is 0.952 bits per heavy atom. The SMILES string of the molecule is NNc1nc2cc(Cl)c(Cl)cc2nc1Cc1ccccc1. The molecule has 0 spiro atoms. The Morgan fingerprint density at radius 2 is 1.57 bits per heavy atom. The lowest BCUT2D eigenvalue weighted by Crippen LogP contribution is -2.13. The van der Waals surface area contributed by atoms with Crippen molar-refractivity contribution in [3.63, 3.8) is 0 Å². The third-order valence-corrected chi connectivity index (χ3v) is 3.85. The molecule has 1 heterocycles. The number of halogens is 2. The van der Waals surface area contributed by atoms with Gasteiger partial charge in [-0.05, 0) is 17.7 Å². The van der Waals surface area contributed by atoms with Crippen LogP contribution in [0.25, 0.3) is 11.0 Å². The van der Waals surface area contributed by atoms with Crippen LogP contribution in [0.15, 0.2) is 42.5 Å². The van der Waals surface area contributed by atoms with Crippen LogP contribution in [0.3, 0.4) is 0 Å². The smallest absolute Gasteiger partial charge is 0.162 e. The second kappa shape index (κ2) is 5.85. The molecule has 3 aromatic rings. The fraction of sp³-hybridized carbons (Fsp3) is 0.0667. The van der Waals surface area contributed by atoms with Gasteiger partial charge in [0.2, 0.25) is 0 Å². The van der Waals surface area contributed by atoms with Crippen LogP contribution in [0.1, 0.15) is 11.3 Å². The summed E-state index contributed by atoms with van der Waals surface area (Å²) < 4.78 is 0. The molecule has 0 aliphatic rings. The molecule has 0 saturated carbocycles. The van der Waals surface area contributed by atoms with Crippen molar-refractivity contribution in [2.75, 3.05) is 5.43 Å². The zero-order chi connectivity index (χ0) is 14.8. The highest BCUT2D eigenvalue weighted by Crippen LogP contribution is 2.28. The first kappa shape index (κ1) is 14.1. The minimum Gasteiger partial charge on any atom is -0.307 e. The number of rotatable bonds is 3. The fourth-order valence-electron chi connectivity index (χ4n) is 2.12. The van der Waals surface area contributed by atoms with Crippen LogP contribution in [0.2, 0.25) is 10.0 Å². The van der Waals surface area contributed by atoms with Gasteiger partial charge in [0.1, 0.15) is 0 Å². The normalized spacial score (nSPS) is 10.8. The van der Waals surface area contributed by atoms with E-state index < -0.39 is 0 Å². The van der Waals surface area contributed by atoms with Crippen LogP contribution in [0.5, 0.6) is 0 Å². The maximum Gasteiger partial charge on any atom is 0.162 e. The number of hydrazine groups is 1. The number of nitrogens with zero attached hydrogens (tertiary/aromatic N) is 2. The molecule has 21 heavy (non-hydrogen) atoms. The summed E-state index contributed by atoms with van der Waals surface area (Å²) in [7, 11) is 0. The molecule has 106 valence electrons. The highest BCUT2D eigenvalue weighted by Gasteiger charge is 2.11. The van der Waals surface area contributed by atoms with Crippen molar-refractivity contribution in [2.45, 2.75) is 6.42 Å². The quantitative estimate of drug-likeness (QED) is 0.569. The average molecular weight is 319 g/mol. The lowest BCUT2D eigenvalue weighted by Gasteiger charge is -2.10. The first-order valence-corrected chi connectivity index (χ1v) is 7.09. The number of nitrogens with one attached hydrogen (secondary N) is 1. The number of hydrogen-bond donors (Lipinski definition) is 2. The van der Waals surface area contributed by atoms with Crippen molar-refractivity contribution in [1.29, 1.82) is 0 Å². The van der Waals surface area contributed by atoms with E-state index in [0.29, 0.717) is 33.3 Å². The van der Waals surface area contributed by atoms with Gasteiger partial charge in [0.05, 0.1) is 26.8 Å². The Balaban J connectivity index is 2.10. The van der Waals surface area contributed by atoms with Crippen LogP contribution < -0.4 is 11.3 Å². The van der Waals surface area contributed by atoms with Gasteiger partial charge in [-0.25, -0.2) is 15.8 Å². The van der Waals surface area contributed by atoms with Gasteiger partial charge in [-0.1, -0.05) is 53.5 Å². The van der Waals surface area contributed by atoms with Crippen LogP contribution in [-0.4, -0.2) is 9.97 Å². The van der Waals surface area contributed by atoms with Gasteiger partial charge >= 0.3 is 0 Å². The summed E-state index contributed by atoms with van der Waals surface area (Å²) in [6.07, 6.45) is 0.629. The molecule has 2 aromatic carbocycles. The molecular weight excluding hydrogens is 307 g/mol. The highest BCUT2D eigenvalue weighted by atomic mass is 35.5. The molecule has 0 bridgehead atoms. The van der Waals surface area contributed by atoms with Gasteiger partial charge in [-0.2, -0.15) is 0 Å². The highest BCUT2D eigenvalue weighted by molar-refractivity contribution is 6.42. The topological polar surface area (TPSA) is 63.8 Å². The summed E-state index contributed by atoms with van der Waals surface area (Å²) in [5.74, 6) is 6.08. The molecule has 0 fully saturated rings. The van der Waals surface area contributed by atoms with E-state index in [1.165, 1.54) is 0 Å². The van der Waals surface area contributed by atoms with Crippen LogP contribution in [0, 0.1) is 0 Å². The van der Waals surface area contributed by atoms with E-state index in [4.69, 9.17) is 29.0 Å². The molecule has 6 heteroatoms. The molecule has 1 aromatic heterocycles. The van der Waals surface area contributed by atoms with Crippen LogP contribution in [-0.2, 0) is 6.42 Å². The minimum atomic E-state index is 0.442. The molecular formula is C15H12Cl2N4. The molecule has 0 saturated heterocycles. The van der Waals surface area contributed by atoms with E-state index in [1.54, 1.807) is 12.1 Å². The number of anilines is 1. The average Bonchev–Trinajstić information content (AvgIpc) is 2.49. The summed E-state index contributed by atoms with van der Waals surface area (Å²) in [6.45, 7) is 0. The molecule has 4 nitrogen and oxygen atoms in total. The Hall–Kier alpha value is -1.88. The van der Waals surface area contributed by atoms with Gasteiger partial charge in [-0.15, -0.1) is 0 Å². The maximum absolute atomic E-state index is 6.03. The standard InChI is InChI=1S/C15H12Cl2N4/c16-10-7-12-13(8-11(10)17)20-15(21-18)14(19-12)6-9-4-2-1-3-5-9/h1-5,7-8H,6,18H2,(H,20,21). The second-order valence-electron chi connectivity index (χ2n) is 4.58. The Bertz CT molecular complexity index is 791. The predicted octanol–water partition coefficient (Wildman–Crippen LogP) is 3.81. The van der Waals surface area contributed by atoms with Crippen molar-refractivity contribution in [2.24, 2.45) is 5.84 Å². The Kier molecular flexibility index (Phi) is 3.92. The third-order valence-electron chi connectivity index (χ3n) is 3.13. The second-order valence-corrected chi connectivity index (χ2v) is 5.40. The molecule has 0 aliphatic heterocycles. The molecule has 0 atom stereocenters. The molecule has 3 N–H and O–H groups in total. The van der Waals surface area contributed by atoms with Gasteiger partial charge < -0.3 is 5.43 Å². The van der Waals surface area contributed by atoms with E-state index in [1.807, 2.05) is 30.3 Å². The third kappa shape index (κ3) is 2.93. The number of fused-ring (bicyclic) bond motifs is 1. The minimum absolute atomic E-state index is 0.442. The summed E-state index contributed by atoms with van der Waals surface area (Å²) in [6, 6.07) is 13.4. The molecule has 0 unspecified atom stereocenters. The molecule has 0 aliphatic carbocycles. The van der Waals surface area contributed by atoms with E-state index in [-0.39, 0.29) is 0 Å². The number of nitrogen functional groups attached to an aromatic ring is 1. The van der Waals surface area contributed by atoms with E-state index in [9.17, 15) is 0 Å². The van der Waals surface area contributed by atoms with Gasteiger partial charge in [0.25, 0.3) is 0 Å². The Morgan fingerprint density at radius 3 is 2.19 bits per heavy atom. The van der Waals surface area contributed by atoms with E-state index in [2.05, 4.69) is 15.4 Å². The van der Waals surface area contributed by atoms with Crippen molar-refractivity contribution in [3.05, 3.63) is 63.8 Å². The lowest BCUT2D eigenvalue weighted by atomic mass is 10.1. The van der Waals surface area contributed by atoms with E-state index in [0.717, 1.165) is 11.3 Å². The number of hydrogen-bond acceptors (Lipinski definition) is 4. The largest absolute Gasteiger partial charge is 0.307 e. The van der Waals surface area contributed by atoms with E-state index >= 15 is 0 Å². The van der Waals surface area contributed by atoms with Gasteiger partial charge in [0.15, 0.2) is 5.82 Å². The lowest BCUT2D eigenvalue weighted by molar-refractivity contribution is 1.06. The maximum atomic E-state index is 6.03. The van der Waals surface area contributed by atoms with Crippen LogP contribution in [0.4, 0.5) is 5.82 Å². The van der Waals surface area contributed by atoms with Gasteiger partial charge in [0, 0.05) is 6.42 Å². The summed E-state index contributed by atoms with van der Waals surface area (Å²) >= 11 is 12.0. The first-order chi connectivity index (χ1) is 10.2. The van der Waals surface area contributed by atoms with Gasteiger partial charge in [-0.3, -0.25) is 0 Å². The summed E-state index contributed by atoms with van der Waals surface area (Å²) in [5.41, 5.74) is 5.82. The fourth-order valence-corrected chi connectivity index (χ4v) is 2.43. The van der Waals surface area contributed by atoms with Crippen molar-refractivity contribution in [1.82, 2.24) is 9.97 Å². The zero-order valence-corrected chi connectivity index (χ0v) is 12.5. The number of benzene rings is 2. The van der Waals surface area contributed by atoms with Crippen LogP contribution >= 0.6 is 23.2 Å². The molecule has 0 radical (unpaired) electrons. The zero-order valence-electron chi connectivity index (χ0n) is 11.0. The first-order valence-electron chi connectivity index (χ1n) is 6.33. The predicted molar refractivity (Wildman–Crippen MR) is 86.6 cm³/mol. The number of aromatic nitrogens is 2. The summed E-state index contributed by atoms with van der Waals surface area (Å²) in [5, 5.41) is 0.898. The van der Waals surface area contributed by atoms with Crippen molar-refractivity contribution >= 4 is 40.1 Å². The summed E-state index contributed by atoms with van der Waals surface area (Å²) in [4.78, 5) is 9.05. The Labute approximate surface area is 131 Å². The van der Waals surface area contributed by atoms with Crippen molar-refractivity contribution in [3.8, 4) is 0 Å². The monoisotopic (exact) mass is 318 g/mol. The molecule has 3 rings (SSSR count). The van der Waals surface area contributed by atoms with Crippen molar-refractivity contribution < 1.29 is 0 Å². The molecule has 0 amide bonds.